The summed E-state index contributed by atoms with van der Waals surface area (Å²) < 4.78 is 19.0. The highest BCUT2D eigenvalue weighted by molar-refractivity contribution is 5.57. The second-order valence-corrected chi connectivity index (χ2v) is 4.43. The third-order valence-corrected chi connectivity index (χ3v) is 2.75. The molecule has 0 saturated heterocycles. The highest BCUT2D eigenvalue weighted by Gasteiger charge is 2.12. The number of nitrogens with one attached hydrogen (secondary N) is 1. The van der Waals surface area contributed by atoms with Gasteiger partial charge in [0.2, 0.25) is 0 Å². The average molecular weight is 290 g/mol. The minimum absolute atomic E-state index is 0.0273. The number of halogens is 1. The van der Waals surface area contributed by atoms with E-state index in [4.69, 9.17) is 4.74 Å². The predicted octanol–water partition coefficient (Wildman–Crippen LogP) is 4.35. The van der Waals surface area contributed by atoms with Crippen LogP contribution in [-0.4, -0.2) is 11.5 Å². The van der Waals surface area contributed by atoms with Crippen molar-refractivity contribution >= 4 is 11.4 Å². The van der Waals surface area contributed by atoms with Gasteiger partial charge in [0.05, 0.1) is 11.0 Å². The van der Waals surface area contributed by atoms with E-state index in [0.717, 1.165) is 6.42 Å². The molecule has 2 aromatic carbocycles. The lowest BCUT2D eigenvalue weighted by Crippen LogP contribution is -2.01. The maximum absolute atomic E-state index is 13.6. The number of rotatable bonds is 6. The van der Waals surface area contributed by atoms with E-state index in [1.807, 2.05) is 6.92 Å². The fourth-order valence-electron chi connectivity index (χ4n) is 1.77. The van der Waals surface area contributed by atoms with E-state index in [0.29, 0.717) is 12.2 Å². The van der Waals surface area contributed by atoms with Gasteiger partial charge in [-0.1, -0.05) is 19.1 Å². The number of ether oxygens (including phenoxy) is 1. The number of non-ortho nitro benzene ring substituents is 1. The van der Waals surface area contributed by atoms with Gasteiger partial charge in [-0.05, 0) is 18.6 Å². The molecule has 0 amide bonds. The van der Waals surface area contributed by atoms with Gasteiger partial charge < -0.3 is 10.1 Å². The summed E-state index contributed by atoms with van der Waals surface area (Å²) in [5.41, 5.74) is 0.458. The minimum atomic E-state index is -0.521. The van der Waals surface area contributed by atoms with Gasteiger partial charge in [0, 0.05) is 24.4 Å². The summed E-state index contributed by atoms with van der Waals surface area (Å²) >= 11 is 0. The number of hydrogen-bond acceptors (Lipinski definition) is 4. The Labute approximate surface area is 121 Å². The normalized spacial score (nSPS) is 10.2. The molecule has 2 rings (SSSR count). The Balaban J connectivity index is 2.31. The van der Waals surface area contributed by atoms with E-state index in [9.17, 15) is 14.5 Å². The quantitative estimate of drug-likeness (QED) is 0.634. The molecule has 0 unspecified atom stereocenters. The van der Waals surface area contributed by atoms with Gasteiger partial charge in [-0.3, -0.25) is 10.1 Å². The Morgan fingerprint density at radius 1 is 1.29 bits per heavy atom. The number of nitro benzene ring substituents is 1. The summed E-state index contributed by atoms with van der Waals surface area (Å²) in [4.78, 5) is 10.4. The van der Waals surface area contributed by atoms with E-state index in [2.05, 4.69) is 5.32 Å². The zero-order chi connectivity index (χ0) is 15.2. The molecular weight excluding hydrogens is 275 g/mol. The van der Waals surface area contributed by atoms with E-state index in [1.165, 1.54) is 24.3 Å². The fourth-order valence-corrected chi connectivity index (χ4v) is 1.77. The molecule has 0 aliphatic carbocycles. The van der Waals surface area contributed by atoms with Gasteiger partial charge in [0.25, 0.3) is 5.69 Å². The first-order valence-electron chi connectivity index (χ1n) is 6.56. The molecular formula is C15H15FN2O3. The molecule has 0 atom stereocenters. The Kier molecular flexibility index (Phi) is 4.71. The molecule has 0 saturated carbocycles. The summed E-state index contributed by atoms with van der Waals surface area (Å²) in [6.07, 6.45) is 0.881. The van der Waals surface area contributed by atoms with E-state index >= 15 is 0 Å². The van der Waals surface area contributed by atoms with Crippen LogP contribution in [0.3, 0.4) is 0 Å². The maximum Gasteiger partial charge on any atom is 0.275 e. The van der Waals surface area contributed by atoms with Crippen LogP contribution in [0.5, 0.6) is 11.5 Å². The van der Waals surface area contributed by atoms with Crippen molar-refractivity contribution in [1.82, 2.24) is 0 Å². The first-order valence-corrected chi connectivity index (χ1v) is 6.56. The average Bonchev–Trinajstić information content (AvgIpc) is 2.47. The summed E-state index contributed by atoms with van der Waals surface area (Å²) in [7, 11) is 0. The SMILES string of the molecule is CCCNc1cc(Oc2ccccc2F)cc([N+](=O)[O-])c1. The maximum atomic E-state index is 13.6. The molecule has 2 aromatic rings. The first-order chi connectivity index (χ1) is 10.1. The Morgan fingerprint density at radius 2 is 2.05 bits per heavy atom. The van der Waals surface area contributed by atoms with Crippen LogP contribution in [0.25, 0.3) is 0 Å². The molecule has 0 aliphatic rings. The molecule has 0 aliphatic heterocycles. The van der Waals surface area contributed by atoms with Crippen LogP contribution >= 0.6 is 0 Å². The van der Waals surface area contributed by atoms with E-state index in [-0.39, 0.29) is 17.2 Å². The lowest BCUT2D eigenvalue weighted by molar-refractivity contribution is -0.384. The summed E-state index contributed by atoms with van der Waals surface area (Å²) in [5, 5.41) is 14.0. The molecule has 5 nitrogen and oxygen atoms in total. The molecule has 110 valence electrons. The molecule has 0 spiro atoms. The van der Waals surface area contributed by atoms with Crippen LogP contribution in [0.15, 0.2) is 42.5 Å². The van der Waals surface area contributed by atoms with Crippen molar-refractivity contribution < 1.29 is 14.1 Å². The van der Waals surface area contributed by atoms with Crippen molar-refractivity contribution in [3.8, 4) is 11.5 Å². The van der Waals surface area contributed by atoms with Crippen molar-refractivity contribution in [1.29, 1.82) is 0 Å². The summed E-state index contributed by atoms with van der Waals surface area (Å²) in [6.45, 7) is 2.67. The van der Waals surface area contributed by atoms with Crippen molar-refractivity contribution in [2.45, 2.75) is 13.3 Å². The number of hydrogen-bond donors (Lipinski definition) is 1. The predicted molar refractivity (Wildman–Crippen MR) is 78.4 cm³/mol. The van der Waals surface area contributed by atoms with Gasteiger partial charge in [-0.15, -0.1) is 0 Å². The van der Waals surface area contributed by atoms with Gasteiger partial charge in [0.1, 0.15) is 5.75 Å². The standard InChI is InChI=1S/C15H15FN2O3/c1-2-7-17-11-8-12(18(19)20)10-13(9-11)21-15-6-4-3-5-14(15)16/h3-6,8-10,17H,2,7H2,1H3. The van der Waals surface area contributed by atoms with Crippen molar-refractivity contribution in [3.05, 3.63) is 58.4 Å². The molecule has 0 bridgehead atoms. The van der Waals surface area contributed by atoms with Gasteiger partial charge >= 0.3 is 0 Å². The van der Waals surface area contributed by atoms with E-state index < -0.39 is 10.7 Å². The van der Waals surface area contributed by atoms with Crippen molar-refractivity contribution in [2.24, 2.45) is 0 Å². The highest BCUT2D eigenvalue weighted by atomic mass is 19.1. The number of para-hydroxylation sites is 1. The largest absolute Gasteiger partial charge is 0.454 e. The third-order valence-electron chi connectivity index (χ3n) is 2.75. The molecule has 21 heavy (non-hydrogen) atoms. The molecule has 6 heteroatoms. The molecule has 0 aromatic heterocycles. The third kappa shape index (κ3) is 3.92. The topological polar surface area (TPSA) is 64.4 Å². The van der Waals surface area contributed by atoms with Gasteiger partial charge in [-0.2, -0.15) is 0 Å². The Morgan fingerprint density at radius 3 is 2.71 bits per heavy atom. The minimum Gasteiger partial charge on any atom is -0.454 e. The number of nitrogens with zero attached hydrogens (tertiary/aromatic N) is 1. The lowest BCUT2D eigenvalue weighted by Gasteiger charge is -2.10. The lowest BCUT2D eigenvalue weighted by atomic mass is 10.2. The van der Waals surface area contributed by atoms with Crippen LogP contribution in [0.2, 0.25) is 0 Å². The van der Waals surface area contributed by atoms with E-state index in [1.54, 1.807) is 18.2 Å². The smallest absolute Gasteiger partial charge is 0.275 e. The summed E-state index contributed by atoms with van der Waals surface area (Å²) in [5.74, 6) is -0.278. The van der Waals surface area contributed by atoms with Gasteiger partial charge in [0.15, 0.2) is 11.6 Å². The van der Waals surface area contributed by atoms with Crippen molar-refractivity contribution in [3.63, 3.8) is 0 Å². The first kappa shape index (κ1) is 14.8. The zero-order valence-corrected chi connectivity index (χ0v) is 11.5. The Hall–Kier alpha value is -2.63. The molecule has 0 radical (unpaired) electrons. The number of benzene rings is 2. The van der Waals surface area contributed by atoms with Crippen LogP contribution < -0.4 is 10.1 Å². The van der Waals surface area contributed by atoms with Crippen LogP contribution in [0.4, 0.5) is 15.8 Å². The molecule has 0 heterocycles. The van der Waals surface area contributed by atoms with Gasteiger partial charge in [-0.25, -0.2) is 4.39 Å². The van der Waals surface area contributed by atoms with Crippen LogP contribution in [-0.2, 0) is 0 Å². The zero-order valence-electron chi connectivity index (χ0n) is 11.5. The number of anilines is 1. The van der Waals surface area contributed by atoms with Crippen molar-refractivity contribution in [2.75, 3.05) is 11.9 Å². The second kappa shape index (κ2) is 6.69. The van der Waals surface area contributed by atoms with Crippen LogP contribution in [0.1, 0.15) is 13.3 Å². The Bertz CT molecular complexity index is 647. The molecule has 0 fully saturated rings. The second-order valence-electron chi connectivity index (χ2n) is 4.43. The monoisotopic (exact) mass is 290 g/mol. The fraction of sp³-hybridized carbons (Fsp3) is 0.200. The molecule has 1 N–H and O–H groups in total. The summed E-state index contributed by atoms with van der Waals surface area (Å²) in [6, 6.07) is 10.2. The highest BCUT2D eigenvalue weighted by Crippen LogP contribution is 2.30. The van der Waals surface area contributed by atoms with Crippen LogP contribution in [0, 0.1) is 15.9 Å². The number of nitro groups is 1.